The number of piperidine rings is 1. The number of aryl methyl sites for hydroxylation is 1. The van der Waals surface area contributed by atoms with E-state index in [4.69, 9.17) is 0 Å². The Morgan fingerprint density at radius 1 is 1.19 bits per heavy atom. The number of hydrogen-bond donors (Lipinski definition) is 1. The van der Waals surface area contributed by atoms with Crippen molar-refractivity contribution in [1.29, 1.82) is 0 Å². The maximum Gasteiger partial charge on any atom is 0.232 e. The summed E-state index contributed by atoms with van der Waals surface area (Å²) in [7, 11) is 2.86. The first-order valence-corrected chi connectivity index (χ1v) is 11.4. The highest BCUT2D eigenvalue weighted by atomic mass is 31.0. The van der Waals surface area contributed by atoms with E-state index in [0.29, 0.717) is 12.8 Å². The van der Waals surface area contributed by atoms with Crippen molar-refractivity contribution in [3.63, 3.8) is 0 Å². The van der Waals surface area contributed by atoms with Gasteiger partial charge in [-0.2, -0.15) is 0 Å². The molecule has 2 aliphatic rings. The molecule has 5 rings (SSSR count). The number of anilines is 2. The molecule has 2 fully saturated rings. The number of nitrogens with one attached hydrogen (secondary N) is 1. The molecule has 3 heterocycles. The molecule has 1 aromatic heterocycles. The van der Waals surface area contributed by atoms with Crippen LogP contribution in [0.4, 0.5) is 15.8 Å². The minimum atomic E-state index is -1.06. The summed E-state index contributed by atoms with van der Waals surface area (Å²) in [6, 6.07) is 10.3. The van der Waals surface area contributed by atoms with E-state index < -0.39 is 5.67 Å². The fourth-order valence-corrected chi connectivity index (χ4v) is 5.57. The van der Waals surface area contributed by atoms with E-state index >= 15 is 0 Å². The highest BCUT2D eigenvalue weighted by Crippen LogP contribution is 2.45. The number of rotatable bonds is 3. The van der Waals surface area contributed by atoms with E-state index in [-0.39, 0.29) is 17.9 Å². The minimum Gasteiger partial charge on any atom is -0.371 e. The van der Waals surface area contributed by atoms with Gasteiger partial charge in [-0.1, -0.05) is 6.92 Å². The van der Waals surface area contributed by atoms with Gasteiger partial charge in [-0.05, 0) is 73.5 Å². The molecule has 2 aromatic carbocycles. The average molecular weight is 438 g/mol. The van der Waals surface area contributed by atoms with Crippen LogP contribution in [0.2, 0.25) is 0 Å². The van der Waals surface area contributed by atoms with Crippen molar-refractivity contribution in [2.45, 2.75) is 45.3 Å². The van der Waals surface area contributed by atoms with Gasteiger partial charge >= 0.3 is 0 Å². The van der Waals surface area contributed by atoms with E-state index in [0.717, 1.165) is 46.4 Å². The van der Waals surface area contributed by atoms with Crippen LogP contribution in [0.15, 0.2) is 36.7 Å². The lowest BCUT2D eigenvalue weighted by Gasteiger charge is -2.47. The normalized spacial score (nSPS) is 23.3. The molecular formula is C24H28FN4OP. The van der Waals surface area contributed by atoms with Gasteiger partial charge in [0.05, 0.1) is 29.3 Å². The number of H-pyrrole nitrogens is 1. The first-order valence-electron chi connectivity index (χ1n) is 10.9. The van der Waals surface area contributed by atoms with Crippen LogP contribution in [-0.4, -0.2) is 34.6 Å². The van der Waals surface area contributed by atoms with Crippen LogP contribution in [0.25, 0.3) is 11.0 Å². The van der Waals surface area contributed by atoms with Crippen molar-refractivity contribution in [3.05, 3.63) is 47.8 Å². The smallest absolute Gasteiger partial charge is 0.232 e. The maximum atomic E-state index is 14.2. The summed E-state index contributed by atoms with van der Waals surface area (Å²) in [4.78, 5) is 24.4. The summed E-state index contributed by atoms with van der Waals surface area (Å²) in [5, 5.41) is 1.10. The average Bonchev–Trinajstić information content (AvgIpc) is 3.20. The van der Waals surface area contributed by atoms with Crippen LogP contribution < -0.4 is 15.1 Å². The molecule has 31 heavy (non-hydrogen) atoms. The largest absolute Gasteiger partial charge is 0.371 e. The predicted octanol–water partition coefficient (Wildman–Crippen LogP) is 4.42. The van der Waals surface area contributed by atoms with E-state index in [2.05, 4.69) is 43.2 Å². The monoisotopic (exact) mass is 438 g/mol. The molecular weight excluding hydrogens is 410 g/mol. The molecule has 0 bridgehead atoms. The minimum absolute atomic E-state index is 0.00934. The number of hydrogen-bond acceptors (Lipinski definition) is 3. The number of aromatic amines is 1. The molecule has 3 aromatic rings. The van der Waals surface area contributed by atoms with E-state index in [1.165, 1.54) is 5.56 Å². The Kier molecular flexibility index (Phi) is 4.82. The summed E-state index contributed by atoms with van der Waals surface area (Å²) in [6.07, 6.45) is 2.78. The summed E-state index contributed by atoms with van der Waals surface area (Å²) in [5.41, 5.74) is 5.10. The molecule has 5 nitrogen and oxygen atoms in total. The van der Waals surface area contributed by atoms with Gasteiger partial charge in [-0.3, -0.25) is 4.79 Å². The number of β-lactam (4-membered cyclic amide) rings is 1. The van der Waals surface area contributed by atoms with Crippen LogP contribution in [0.1, 0.15) is 43.9 Å². The lowest BCUT2D eigenvalue weighted by atomic mass is 9.81. The number of imidazole rings is 1. The number of halogens is 1. The molecule has 0 saturated carbocycles. The van der Waals surface area contributed by atoms with Crippen LogP contribution in [0.3, 0.4) is 0 Å². The van der Waals surface area contributed by atoms with E-state index in [1.54, 1.807) is 13.3 Å². The highest BCUT2D eigenvalue weighted by Gasteiger charge is 2.47. The second kappa shape index (κ2) is 7.30. The van der Waals surface area contributed by atoms with E-state index in [1.807, 2.05) is 30.0 Å². The number of aromatic nitrogens is 2. The SMILES string of the molecule is Cc1cc(N2CCC(C)(F)CC2)cc(P)c1C1C(C)C(=O)N1c1ccc2nc[nH]c2c1. The lowest BCUT2D eigenvalue weighted by Crippen LogP contribution is -2.55. The zero-order valence-corrected chi connectivity index (χ0v) is 19.3. The van der Waals surface area contributed by atoms with Gasteiger partial charge < -0.3 is 14.8 Å². The third-order valence-corrected chi connectivity index (χ3v) is 7.41. The first-order chi connectivity index (χ1) is 14.7. The Labute approximate surface area is 184 Å². The van der Waals surface area contributed by atoms with E-state index in [9.17, 15) is 9.18 Å². The van der Waals surface area contributed by atoms with Gasteiger partial charge in [0.2, 0.25) is 5.91 Å². The predicted molar refractivity (Wildman–Crippen MR) is 127 cm³/mol. The summed E-state index contributed by atoms with van der Waals surface area (Å²) in [5.74, 6) is 0.0542. The van der Waals surface area contributed by atoms with Crippen molar-refractivity contribution < 1.29 is 9.18 Å². The van der Waals surface area contributed by atoms with Crippen LogP contribution in [0, 0.1) is 12.8 Å². The Morgan fingerprint density at radius 2 is 1.94 bits per heavy atom. The van der Waals surface area contributed by atoms with Gasteiger partial charge in [0.25, 0.3) is 0 Å². The fraction of sp³-hybridized carbons (Fsp3) is 0.417. The van der Waals surface area contributed by atoms with Gasteiger partial charge in [-0.15, -0.1) is 9.24 Å². The number of carbonyl (C=O) groups is 1. The maximum absolute atomic E-state index is 14.2. The third-order valence-electron chi connectivity index (χ3n) is 6.93. The highest BCUT2D eigenvalue weighted by molar-refractivity contribution is 7.27. The van der Waals surface area contributed by atoms with Crippen LogP contribution in [-0.2, 0) is 4.79 Å². The van der Waals surface area contributed by atoms with Gasteiger partial charge in [0, 0.05) is 24.5 Å². The number of benzene rings is 2. The van der Waals surface area contributed by atoms with Gasteiger partial charge in [-0.25, -0.2) is 9.37 Å². The summed E-state index contributed by atoms with van der Waals surface area (Å²) >= 11 is 0. The van der Waals surface area contributed by atoms with Crippen molar-refractivity contribution in [3.8, 4) is 0 Å². The number of amides is 1. The van der Waals surface area contributed by atoms with Crippen molar-refractivity contribution in [2.75, 3.05) is 22.9 Å². The molecule has 2 saturated heterocycles. The molecule has 2 aliphatic heterocycles. The second-order valence-electron chi connectivity index (χ2n) is 9.21. The molecule has 0 aliphatic carbocycles. The molecule has 7 heteroatoms. The van der Waals surface area contributed by atoms with Crippen LogP contribution >= 0.6 is 9.24 Å². The summed E-state index contributed by atoms with van der Waals surface area (Å²) < 4.78 is 14.2. The van der Waals surface area contributed by atoms with Crippen molar-refractivity contribution >= 4 is 42.9 Å². The molecule has 0 radical (unpaired) electrons. The molecule has 1 N–H and O–H groups in total. The van der Waals surface area contributed by atoms with Crippen LogP contribution in [0.5, 0.6) is 0 Å². The summed E-state index contributed by atoms with van der Waals surface area (Å²) in [6.45, 7) is 7.27. The molecule has 3 atom stereocenters. The number of carbonyl (C=O) groups excluding carboxylic acids is 1. The Morgan fingerprint density at radius 3 is 2.65 bits per heavy atom. The zero-order chi connectivity index (χ0) is 21.9. The number of alkyl halides is 1. The number of nitrogens with zero attached hydrogens (tertiary/aromatic N) is 3. The van der Waals surface area contributed by atoms with Gasteiger partial charge in [0.1, 0.15) is 5.67 Å². The standard InChI is InChI=1S/C24H28FN4OP/c1-14-10-17(28-8-6-24(3,25)7-9-28)12-20(31)21(14)22-15(2)23(30)29(22)16-4-5-18-19(11-16)27-13-26-18/h4-5,10-13,15,22H,6-9,31H2,1-3H3,(H,26,27). The van der Waals surface area contributed by atoms with Crippen molar-refractivity contribution in [1.82, 2.24) is 9.97 Å². The zero-order valence-electron chi connectivity index (χ0n) is 18.2. The number of fused-ring (bicyclic) bond motifs is 1. The Hall–Kier alpha value is -2.46. The molecule has 0 spiro atoms. The molecule has 3 unspecified atom stereocenters. The fourth-order valence-electron chi connectivity index (χ4n) is 5.00. The first kappa shape index (κ1) is 20.4. The Balaban J connectivity index is 1.47. The lowest BCUT2D eigenvalue weighted by molar-refractivity contribution is -0.129. The quantitative estimate of drug-likeness (QED) is 0.486. The van der Waals surface area contributed by atoms with Crippen molar-refractivity contribution in [2.24, 2.45) is 5.92 Å². The van der Waals surface area contributed by atoms with Gasteiger partial charge in [0.15, 0.2) is 0 Å². The Bertz CT molecular complexity index is 1140. The topological polar surface area (TPSA) is 52.2 Å². The second-order valence-corrected chi connectivity index (χ2v) is 9.83. The molecule has 162 valence electrons. The molecule has 1 amide bonds. The third kappa shape index (κ3) is 3.41.